The molecule has 0 aliphatic carbocycles. The second kappa shape index (κ2) is 3.61. The summed E-state index contributed by atoms with van der Waals surface area (Å²) in [5.41, 5.74) is 0.104. The summed E-state index contributed by atoms with van der Waals surface area (Å²) < 4.78 is 8.18. The average molecular weight is 207 g/mol. The van der Waals surface area contributed by atoms with E-state index < -0.39 is 0 Å². The van der Waals surface area contributed by atoms with Gasteiger partial charge in [-0.3, -0.25) is 0 Å². The highest BCUT2D eigenvalue weighted by Gasteiger charge is 2.41. The topological polar surface area (TPSA) is 39.1 Å². The Morgan fingerprint density at radius 2 is 2.53 bits per heavy atom. The number of hydrogen-bond acceptors (Lipinski definition) is 3. The zero-order valence-electron chi connectivity index (χ0n) is 8.85. The van der Waals surface area contributed by atoms with Crippen LogP contribution in [0.25, 0.3) is 0 Å². The molecule has 0 radical (unpaired) electrons. The quantitative estimate of drug-likeness (QED) is 0.745. The van der Waals surface area contributed by atoms with E-state index in [0.717, 1.165) is 26.1 Å². The first kappa shape index (κ1) is 9.36. The molecule has 4 nitrogen and oxygen atoms in total. The highest BCUT2D eigenvalue weighted by molar-refractivity contribution is 4.96. The second-order valence-corrected chi connectivity index (χ2v) is 4.64. The van der Waals surface area contributed by atoms with Crippen LogP contribution >= 0.6 is 0 Å². The second-order valence-electron chi connectivity index (χ2n) is 4.64. The molecule has 2 saturated heterocycles. The summed E-state index contributed by atoms with van der Waals surface area (Å²) >= 11 is 0. The van der Waals surface area contributed by atoms with Gasteiger partial charge in [-0.05, 0) is 19.4 Å². The fraction of sp³-hybridized carbons (Fsp3) is 0.727. The maximum Gasteiger partial charge on any atom is 0.0949 e. The predicted molar refractivity (Wildman–Crippen MR) is 56.7 cm³/mol. The molecule has 0 saturated carbocycles. The van der Waals surface area contributed by atoms with Crippen molar-refractivity contribution in [3.8, 4) is 0 Å². The van der Waals surface area contributed by atoms with Crippen molar-refractivity contribution < 1.29 is 4.74 Å². The fourth-order valence-corrected chi connectivity index (χ4v) is 2.73. The number of nitrogens with zero attached hydrogens (tertiary/aromatic N) is 2. The predicted octanol–water partition coefficient (Wildman–Crippen LogP) is 0.967. The summed E-state index contributed by atoms with van der Waals surface area (Å²) in [5, 5.41) is 3.43. The van der Waals surface area contributed by atoms with Gasteiger partial charge >= 0.3 is 0 Å². The lowest BCUT2D eigenvalue weighted by atomic mass is 9.90. The van der Waals surface area contributed by atoms with Crippen molar-refractivity contribution in [1.29, 1.82) is 0 Å². The first-order valence-corrected chi connectivity index (χ1v) is 5.70. The Bertz CT molecular complexity index is 317. The summed E-state index contributed by atoms with van der Waals surface area (Å²) in [6.07, 6.45) is 9.31. The van der Waals surface area contributed by atoms with E-state index in [9.17, 15) is 0 Å². The van der Waals surface area contributed by atoms with Gasteiger partial charge in [-0.15, -0.1) is 0 Å². The summed E-state index contributed by atoms with van der Waals surface area (Å²) in [4.78, 5) is 4.09. The van der Waals surface area contributed by atoms with E-state index in [1.165, 1.54) is 12.8 Å². The van der Waals surface area contributed by atoms with Gasteiger partial charge in [-0.2, -0.15) is 0 Å². The van der Waals surface area contributed by atoms with Crippen molar-refractivity contribution in [3.63, 3.8) is 0 Å². The molecule has 1 aromatic rings. The highest BCUT2D eigenvalue weighted by Crippen LogP contribution is 2.37. The number of nitrogens with one attached hydrogen (secondary N) is 1. The van der Waals surface area contributed by atoms with E-state index in [0.29, 0.717) is 6.04 Å². The molecule has 82 valence electrons. The van der Waals surface area contributed by atoms with Crippen LogP contribution in [0.3, 0.4) is 0 Å². The molecule has 0 bridgehead atoms. The van der Waals surface area contributed by atoms with Crippen molar-refractivity contribution in [1.82, 2.24) is 14.9 Å². The van der Waals surface area contributed by atoms with Gasteiger partial charge in [0.25, 0.3) is 0 Å². The molecule has 4 heteroatoms. The Morgan fingerprint density at radius 3 is 3.27 bits per heavy atom. The van der Waals surface area contributed by atoms with Gasteiger partial charge in [0.05, 0.1) is 24.6 Å². The van der Waals surface area contributed by atoms with Crippen molar-refractivity contribution in [2.75, 3.05) is 19.7 Å². The van der Waals surface area contributed by atoms with Gasteiger partial charge in [0.15, 0.2) is 0 Å². The lowest BCUT2D eigenvalue weighted by molar-refractivity contribution is -0.0142. The van der Waals surface area contributed by atoms with Crippen molar-refractivity contribution >= 4 is 0 Å². The Hall–Kier alpha value is -0.870. The Kier molecular flexibility index (Phi) is 2.25. The van der Waals surface area contributed by atoms with Gasteiger partial charge in [-0.25, -0.2) is 4.98 Å². The summed E-state index contributed by atoms with van der Waals surface area (Å²) in [6.45, 7) is 2.98. The summed E-state index contributed by atoms with van der Waals surface area (Å²) in [5.74, 6) is 0. The third kappa shape index (κ3) is 1.68. The first-order chi connectivity index (χ1) is 7.38. The molecule has 1 spiro atoms. The van der Waals surface area contributed by atoms with Gasteiger partial charge in [0.2, 0.25) is 0 Å². The molecule has 3 heterocycles. The van der Waals surface area contributed by atoms with Crippen LogP contribution in [-0.2, 0) is 4.74 Å². The number of imidazole rings is 1. The minimum absolute atomic E-state index is 0.104. The third-order valence-corrected chi connectivity index (χ3v) is 3.57. The third-order valence-electron chi connectivity index (χ3n) is 3.57. The zero-order valence-corrected chi connectivity index (χ0v) is 8.85. The Balaban J connectivity index is 1.72. The van der Waals surface area contributed by atoms with Gasteiger partial charge in [0, 0.05) is 25.4 Å². The maximum atomic E-state index is 6.01. The smallest absolute Gasteiger partial charge is 0.0949 e. The van der Waals surface area contributed by atoms with Crippen LogP contribution in [0.1, 0.15) is 25.3 Å². The average Bonchev–Trinajstić information content (AvgIpc) is 2.88. The van der Waals surface area contributed by atoms with Gasteiger partial charge in [-0.1, -0.05) is 0 Å². The van der Waals surface area contributed by atoms with Crippen LogP contribution in [-0.4, -0.2) is 34.8 Å². The molecule has 0 aromatic carbocycles. The van der Waals surface area contributed by atoms with Crippen molar-refractivity contribution in [2.45, 2.75) is 30.9 Å². The number of piperidine rings is 1. The van der Waals surface area contributed by atoms with E-state index in [4.69, 9.17) is 4.74 Å². The molecule has 1 aromatic heterocycles. The van der Waals surface area contributed by atoms with Gasteiger partial charge in [0.1, 0.15) is 0 Å². The van der Waals surface area contributed by atoms with Gasteiger partial charge < -0.3 is 14.6 Å². The van der Waals surface area contributed by atoms with Crippen LogP contribution in [0.5, 0.6) is 0 Å². The SMILES string of the molecule is c1cn([C@@H]2CO[C@]3(CCCNC3)C2)cn1. The normalized spacial score (nSPS) is 36.1. The van der Waals surface area contributed by atoms with Crippen molar-refractivity contribution in [2.24, 2.45) is 0 Å². The van der Waals surface area contributed by atoms with E-state index in [2.05, 4.69) is 14.9 Å². The summed E-state index contributed by atoms with van der Waals surface area (Å²) in [6, 6.07) is 0.479. The number of rotatable bonds is 1. The monoisotopic (exact) mass is 207 g/mol. The molecule has 15 heavy (non-hydrogen) atoms. The number of ether oxygens (including phenoxy) is 1. The fourth-order valence-electron chi connectivity index (χ4n) is 2.73. The highest BCUT2D eigenvalue weighted by atomic mass is 16.5. The van der Waals surface area contributed by atoms with Crippen LogP contribution in [0.15, 0.2) is 18.7 Å². The zero-order chi connectivity index (χ0) is 10.1. The molecule has 3 rings (SSSR count). The first-order valence-electron chi connectivity index (χ1n) is 5.70. The molecule has 2 fully saturated rings. The molecule has 0 unspecified atom stereocenters. The molecule has 2 aliphatic heterocycles. The molecule has 0 amide bonds. The van der Waals surface area contributed by atoms with Crippen LogP contribution in [0.2, 0.25) is 0 Å². The summed E-state index contributed by atoms with van der Waals surface area (Å²) in [7, 11) is 0. The van der Waals surface area contributed by atoms with E-state index in [-0.39, 0.29) is 5.60 Å². The minimum Gasteiger partial charge on any atom is -0.371 e. The number of aromatic nitrogens is 2. The van der Waals surface area contributed by atoms with E-state index in [1.807, 2.05) is 18.7 Å². The van der Waals surface area contributed by atoms with Crippen LogP contribution in [0.4, 0.5) is 0 Å². The Morgan fingerprint density at radius 1 is 1.53 bits per heavy atom. The molecule has 2 atom stereocenters. The maximum absolute atomic E-state index is 6.01. The lowest BCUT2D eigenvalue weighted by Crippen LogP contribution is -2.45. The molecular weight excluding hydrogens is 190 g/mol. The largest absolute Gasteiger partial charge is 0.371 e. The Labute approximate surface area is 89.6 Å². The standard InChI is InChI=1S/C11H17N3O/c1-2-11(8-12-3-1)6-10(7-15-11)14-5-4-13-9-14/h4-5,9-10,12H,1-3,6-8H2/t10-,11+/m0/s1. The van der Waals surface area contributed by atoms with E-state index >= 15 is 0 Å². The minimum atomic E-state index is 0.104. The van der Waals surface area contributed by atoms with E-state index in [1.54, 1.807) is 0 Å². The molecular formula is C11H17N3O. The number of hydrogen-bond donors (Lipinski definition) is 1. The molecule has 1 N–H and O–H groups in total. The van der Waals surface area contributed by atoms with Crippen LogP contribution < -0.4 is 5.32 Å². The lowest BCUT2D eigenvalue weighted by Gasteiger charge is -2.33. The molecule has 2 aliphatic rings. The van der Waals surface area contributed by atoms with Crippen molar-refractivity contribution in [3.05, 3.63) is 18.7 Å². The van der Waals surface area contributed by atoms with Crippen LogP contribution in [0, 0.1) is 0 Å².